The van der Waals surface area contributed by atoms with E-state index in [1.165, 1.54) is 10.4 Å². The summed E-state index contributed by atoms with van der Waals surface area (Å²) in [5.41, 5.74) is 4.06. The lowest BCUT2D eigenvalue weighted by Crippen LogP contribution is -2.30. The van der Waals surface area contributed by atoms with Gasteiger partial charge < -0.3 is 0 Å². The number of carbonyl (C=O) groups excluding carboxylic acids is 2. The highest BCUT2D eigenvalue weighted by molar-refractivity contribution is 6.53. The van der Waals surface area contributed by atoms with E-state index in [0.29, 0.717) is 16.3 Å². The first-order chi connectivity index (χ1) is 8.45. The SMILES string of the molecule is Cc1cc(C)c2c(c1)N(CC(Cl)=CCl)C(=O)C2=O. The van der Waals surface area contributed by atoms with Crippen LogP contribution in [0.3, 0.4) is 0 Å². The van der Waals surface area contributed by atoms with Crippen molar-refractivity contribution in [3.63, 3.8) is 0 Å². The third kappa shape index (κ3) is 2.04. The van der Waals surface area contributed by atoms with E-state index in [2.05, 4.69) is 0 Å². The van der Waals surface area contributed by atoms with Crippen molar-refractivity contribution in [3.05, 3.63) is 39.4 Å². The second-order valence-electron chi connectivity index (χ2n) is 4.25. The summed E-state index contributed by atoms with van der Waals surface area (Å²) in [7, 11) is 0. The summed E-state index contributed by atoms with van der Waals surface area (Å²) in [6, 6.07) is 3.69. The van der Waals surface area contributed by atoms with Gasteiger partial charge in [-0.15, -0.1) is 0 Å². The molecule has 5 heteroatoms. The van der Waals surface area contributed by atoms with Crippen LogP contribution in [0, 0.1) is 13.8 Å². The van der Waals surface area contributed by atoms with E-state index in [4.69, 9.17) is 23.2 Å². The van der Waals surface area contributed by atoms with Crippen molar-refractivity contribution in [1.82, 2.24) is 0 Å². The Morgan fingerprint density at radius 2 is 2.00 bits per heavy atom. The van der Waals surface area contributed by atoms with Crippen LogP contribution < -0.4 is 4.90 Å². The zero-order valence-corrected chi connectivity index (χ0v) is 11.5. The number of hydrogen-bond donors (Lipinski definition) is 0. The van der Waals surface area contributed by atoms with Crippen LogP contribution in [0.5, 0.6) is 0 Å². The van der Waals surface area contributed by atoms with Gasteiger partial charge in [0.2, 0.25) is 0 Å². The quantitative estimate of drug-likeness (QED) is 0.782. The highest BCUT2D eigenvalue weighted by atomic mass is 35.5. The molecule has 1 aliphatic rings. The van der Waals surface area contributed by atoms with Crippen molar-refractivity contribution in [2.45, 2.75) is 13.8 Å². The predicted molar refractivity (Wildman–Crippen MR) is 72.4 cm³/mol. The van der Waals surface area contributed by atoms with Gasteiger partial charge in [-0.2, -0.15) is 0 Å². The molecular formula is C13H11Cl2NO2. The maximum absolute atomic E-state index is 11.9. The maximum atomic E-state index is 11.9. The van der Waals surface area contributed by atoms with E-state index < -0.39 is 11.7 Å². The van der Waals surface area contributed by atoms with Crippen molar-refractivity contribution in [2.24, 2.45) is 0 Å². The van der Waals surface area contributed by atoms with Crippen LogP contribution in [0.4, 0.5) is 5.69 Å². The Labute approximate surface area is 115 Å². The fraction of sp³-hybridized carbons (Fsp3) is 0.231. The third-order valence-corrected chi connectivity index (χ3v) is 3.45. The molecular weight excluding hydrogens is 273 g/mol. The number of aryl methyl sites for hydroxylation is 2. The van der Waals surface area contributed by atoms with Gasteiger partial charge in [-0.05, 0) is 31.0 Å². The smallest absolute Gasteiger partial charge is 0.299 e. The average molecular weight is 284 g/mol. The first kappa shape index (κ1) is 13.1. The number of fused-ring (bicyclic) bond motifs is 1. The van der Waals surface area contributed by atoms with Gasteiger partial charge in [0.15, 0.2) is 0 Å². The second kappa shape index (κ2) is 4.75. The third-order valence-electron chi connectivity index (χ3n) is 2.84. The van der Waals surface area contributed by atoms with E-state index in [1.54, 1.807) is 0 Å². The first-order valence-electron chi connectivity index (χ1n) is 5.38. The van der Waals surface area contributed by atoms with Gasteiger partial charge in [0.05, 0.1) is 17.8 Å². The number of hydrogen-bond acceptors (Lipinski definition) is 2. The normalized spacial score (nSPS) is 15.3. The molecule has 0 radical (unpaired) electrons. The molecule has 2 rings (SSSR count). The van der Waals surface area contributed by atoms with E-state index in [-0.39, 0.29) is 6.54 Å². The van der Waals surface area contributed by atoms with Crippen molar-refractivity contribution < 1.29 is 9.59 Å². The van der Waals surface area contributed by atoms with Crippen LogP contribution in [0.2, 0.25) is 0 Å². The monoisotopic (exact) mass is 283 g/mol. The van der Waals surface area contributed by atoms with Gasteiger partial charge in [-0.3, -0.25) is 14.5 Å². The van der Waals surface area contributed by atoms with Crippen molar-refractivity contribution in [1.29, 1.82) is 0 Å². The van der Waals surface area contributed by atoms with Gasteiger partial charge in [0.25, 0.3) is 11.7 Å². The fourth-order valence-corrected chi connectivity index (χ4v) is 2.32. The van der Waals surface area contributed by atoms with Crippen LogP contribution in [-0.4, -0.2) is 18.2 Å². The largest absolute Gasteiger partial charge is 0.299 e. The molecule has 0 saturated heterocycles. The van der Waals surface area contributed by atoms with E-state index in [1.807, 2.05) is 26.0 Å². The zero-order chi connectivity index (χ0) is 13.4. The number of Topliss-reactive ketones (excluding diaryl/α,β-unsaturated/α-hetero) is 1. The standard InChI is InChI=1S/C13H11Cl2NO2/c1-7-3-8(2)11-10(4-7)16(6-9(15)5-14)13(18)12(11)17/h3-5H,6H2,1-2H3. The Kier molecular flexibility index (Phi) is 3.46. The van der Waals surface area contributed by atoms with Crippen LogP contribution in [0.1, 0.15) is 21.5 Å². The highest BCUT2D eigenvalue weighted by Gasteiger charge is 2.37. The number of nitrogens with zero attached hydrogens (tertiary/aromatic N) is 1. The number of carbonyl (C=O) groups is 2. The van der Waals surface area contributed by atoms with E-state index in [9.17, 15) is 9.59 Å². The maximum Gasteiger partial charge on any atom is 0.299 e. The molecule has 1 amide bonds. The number of rotatable bonds is 2. The molecule has 1 aromatic rings. The minimum atomic E-state index is -0.560. The lowest BCUT2D eigenvalue weighted by Gasteiger charge is -2.16. The summed E-state index contributed by atoms with van der Waals surface area (Å²) in [6.07, 6.45) is 0. The average Bonchev–Trinajstić information content (AvgIpc) is 2.54. The number of benzene rings is 1. The second-order valence-corrected chi connectivity index (χ2v) is 4.96. The van der Waals surface area contributed by atoms with Crippen molar-refractivity contribution in [2.75, 3.05) is 11.4 Å². The molecule has 1 heterocycles. The summed E-state index contributed by atoms with van der Waals surface area (Å²) in [4.78, 5) is 25.2. The Hall–Kier alpha value is -1.32. The molecule has 94 valence electrons. The summed E-state index contributed by atoms with van der Waals surface area (Å²) in [6.45, 7) is 3.85. The molecule has 0 fully saturated rings. The molecule has 0 aromatic heterocycles. The molecule has 1 aliphatic heterocycles. The van der Waals surface area contributed by atoms with Crippen molar-refractivity contribution in [3.8, 4) is 0 Å². The van der Waals surface area contributed by atoms with Gasteiger partial charge in [-0.25, -0.2) is 0 Å². The Morgan fingerprint density at radius 1 is 1.33 bits per heavy atom. The highest BCUT2D eigenvalue weighted by Crippen LogP contribution is 2.33. The lowest BCUT2D eigenvalue weighted by molar-refractivity contribution is -0.114. The Morgan fingerprint density at radius 3 is 2.61 bits per heavy atom. The topological polar surface area (TPSA) is 37.4 Å². The summed E-state index contributed by atoms with van der Waals surface area (Å²) in [5.74, 6) is -1.04. The van der Waals surface area contributed by atoms with Gasteiger partial charge in [-0.1, -0.05) is 29.3 Å². The molecule has 0 aliphatic carbocycles. The van der Waals surface area contributed by atoms with Crippen LogP contribution in [-0.2, 0) is 4.79 Å². The molecule has 18 heavy (non-hydrogen) atoms. The molecule has 0 bridgehead atoms. The zero-order valence-electron chi connectivity index (χ0n) is 9.96. The molecule has 3 nitrogen and oxygen atoms in total. The Balaban J connectivity index is 2.55. The summed E-state index contributed by atoms with van der Waals surface area (Å²) >= 11 is 11.3. The molecule has 0 saturated carbocycles. The summed E-state index contributed by atoms with van der Waals surface area (Å²) in [5, 5.41) is 0.310. The minimum absolute atomic E-state index is 0.117. The first-order valence-corrected chi connectivity index (χ1v) is 6.19. The number of anilines is 1. The number of halogens is 2. The van der Waals surface area contributed by atoms with Crippen molar-refractivity contribution >= 4 is 40.6 Å². The van der Waals surface area contributed by atoms with Gasteiger partial charge in [0.1, 0.15) is 0 Å². The summed E-state index contributed by atoms with van der Waals surface area (Å²) < 4.78 is 0. The van der Waals surface area contributed by atoms with E-state index in [0.717, 1.165) is 11.1 Å². The van der Waals surface area contributed by atoms with Crippen LogP contribution in [0.25, 0.3) is 0 Å². The molecule has 1 aromatic carbocycles. The number of amides is 1. The Bertz CT molecular complexity index is 579. The lowest BCUT2D eigenvalue weighted by atomic mass is 10.0. The van der Waals surface area contributed by atoms with Crippen LogP contribution >= 0.6 is 23.2 Å². The van der Waals surface area contributed by atoms with Gasteiger partial charge in [0, 0.05) is 10.6 Å². The molecule has 0 atom stereocenters. The van der Waals surface area contributed by atoms with E-state index >= 15 is 0 Å². The van der Waals surface area contributed by atoms with Gasteiger partial charge >= 0.3 is 0 Å². The fourth-order valence-electron chi connectivity index (χ4n) is 2.13. The molecule has 0 unspecified atom stereocenters. The molecule has 0 spiro atoms. The minimum Gasteiger partial charge on any atom is -0.299 e. The predicted octanol–water partition coefficient (Wildman–Crippen LogP) is 3.15. The van der Waals surface area contributed by atoms with Crippen LogP contribution in [0.15, 0.2) is 22.7 Å². The number of ketones is 1. The molecule has 0 N–H and O–H groups in total.